The van der Waals surface area contributed by atoms with E-state index in [-0.39, 0.29) is 17.0 Å². The van der Waals surface area contributed by atoms with Crippen LogP contribution in [0.2, 0.25) is 0 Å². The van der Waals surface area contributed by atoms with E-state index in [2.05, 4.69) is 5.32 Å². The van der Waals surface area contributed by atoms with Crippen molar-refractivity contribution in [2.24, 2.45) is 0 Å². The number of carbonyl (C=O) groups is 1. The SMILES string of the molecule is CNC(=O)c1cccn(Cc2cccc(C)c2)c1=O. The molecule has 0 saturated carbocycles. The molecule has 0 unspecified atom stereocenters. The van der Waals surface area contributed by atoms with Gasteiger partial charge in [-0.15, -0.1) is 0 Å². The maximum absolute atomic E-state index is 12.2. The first-order valence-electron chi connectivity index (χ1n) is 6.09. The molecule has 1 heterocycles. The van der Waals surface area contributed by atoms with Gasteiger partial charge in [-0.3, -0.25) is 9.59 Å². The van der Waals surface area contributed by atoms with Gasteiger partial charge in [0, 0.05) is 13.2 Å². The average molecular weight is 256 g/mol. The zero-order valence-corrected chi connectivity index (χ0v) is 11.0. The molecule has 0 bridgehead atoms. The average Bonchev–Trinajstić information content (AvgIpc) is 2.40. The van der Waals surface area contributed by atoms with Crippen molar-refractivity contribution < 1.29 is 4.79 Å². The van der Waals surface area contributed by atoms with Crippen molar-refractivity contribution in [2.45, 2.75) is 13.5 Å². The minimum Gasteiger partial charge on any atom is -0.355 e. The molecule has 1 aromatic carbocycles. The molecule has 0 radical (unpaired) electrons. The van der Waals surface area contributed by atoms with Crippen molar-refractivity contribution in [1.29, 1.82) is 0 Å². The fourth-order valence-electron chi connectivity index (χ4n) is 1.98. The van der Waals surface area contributed by atoms with E-state index in [1.54, 1.807) is 16.8 Å². The van der Waals surface area contributed by atoms with E-state index in [0.29, 0.717) is 6.54 Å². The molecule has 1 amide bonds. The zero-order chi connectivity index (χ0) is 13.8. The monoisotopic (exact) mass is 256 g/mol. The number of benzene rings is 1. The Morgan fingerprint density at radius 1 is 1.26 bits per heavy atom. The van der Waals surface area contributed by atoms with Crippen LogP contribution in [0.25, 0.3) is 0 Å². The number of nitrogens with zero attached hydrogens (tertiary/aromatic N) is 1. The molecule has 1 N–H and O–H groups in total. The van der Waals surface area contributed by atoms with Crippen molar-refractivity contribution in [3.8, 4) is 0 Å². The number of aromatic nitrogens is 1. The summed E-state index contributed by atoms with van der Waals surface area (Å²) in [5.74, 6) is -0.358. The van der Waals surface area contributed by atoms with Crippen LogP contribution in [0, 0.1) is 6.92 Å². The van der Waals surface area contributed by atoms with Crippen LogP contribution in [-0.2, 0) is 6.54 Å². The second-order valence-electron chi connectivity index (χ2n) is 4.42. The van der Waals surface area contributed by atoms with Crippen LogP contribution in [0.5, 0.6) is 0 Å². The summed E-state index contributed by atoms with van der Waals surface area (Å²) in [6.45, 7) is 2.47. The Kier molecular flexibility index (Phi) is 3.80. The van der Waals surface area contributed by atoms with Crippen LogP contribution < -0.4 is 10.9 Å². The van der Waals surface area contributed by atoms with Crippen molar-refractivity contribution >= 4 is 5.91 Å². The fourth-order valence-corrected chi connectivity index (χ4v) is 1.98. The van der Waals surface area contributed by atoms with Gasteiger partial charge < -0.3 is 9.88 Å². The van der Waals surface area contributed by atoms with Crippen LogP contribution in [0.4, 0.5) is 0 Å². The molecule has 0 aliphatic carbocycles. The molecular weight excluding hydrogens is 240 g/mol. The maximum Gasteiger partial charge on any atom is 0.263 e. The van der Waals surface area contributed by atoms with Crippen LogP contribution in [0.1, 0.15) is 21.5 Å². The molecule has 19 heavy (non-hydrogen) atoms. The third-order valence-electron chi connectivity index (χ3n) is 2.93. The first-order chi connectivity index (χ1) is 9.11. The third kappa shape index (κ3) is 2.91. The van der Waals surface area contributed by atoms with E-state index in [9.17, 15) is 9.59 Å². The number of hydrogen-bond donors (Lipinski definition) is 1. The zero-order valence-electron chi connectivity index (χ0n) is 11.0. The Morgan fingerprint density at radius 2 is 2.05 bits per heavy atom. The Balaban J connectivity index is 2.36. The van der Waals surface area contributed by atoms with E-state index in [1.807, 2.05) is 31.2 Å². The fraction of sp³-hybridized carbons (Fsp3) is 0.200. The lowest BCUT2D eigenvalue weighted by molar-refractivity contribution is 0.0961. The molecule has 0 aliphatic heterocycles. The lowest BCUT2D eigenvalue weighted by atomic mass is 10.1. The lowest BCUT2D eigenvalue weighted by Gasteiger charge is -2.08. The van der Waals surface area contributed by atoms with Crippen molar-refractivity contribution in [3.05, 3.63) is 69.6 Å². The first-order valence-corrected chi connectivity index (χ1v) is 6.09. The largest absolute Gasteiger partial charge is 0.355 e. The summed E-state index contributed by atoms with van der Waals surface area (Å²) in [5, 5.41) is 2.47. The van der Waals surface area contributed by atoms with Crippen molar-refractivity contribution in [1.82, 2.24) is 9.88 Å². The van der Waals surface area contributed by atoms with Gasteiger partial charge in [0.1, 0.15) is 5.56 Å². The topological polar surface area (TPSA) is 51.1 Å². The molecule has 1 aromatic heterocycles. The highest BCUT2D eigenvalue weighted by molar-refractivity contribution is 5.93. The number of pyridine rings is 1. The van der Waals surface area contributed by atoms with E-state index in [1.165, 1.54) is 13.1 Å². The highest BCUT2D eigenvalue weighted by Gasteiger charge is 2.10. The first kappa shape index (κ1) is 13.1. The second kappa shape index (κ2) is 5.52. The second-order valence-corrected chi connectivity index (χ2v) is 4.42. The summed E-state index contributed by atoms with van der Waals surface area (Å²) < 4.78 is 1.54. The van der Waals surface area contributed by atoms with Gasteiger partial charge in [-0.1, -0.05) is 29.8 Å². The van der Waals surface area contributed by atoms with Gasteiger partial charge in [-0.05, 0) is 24.6 Å². The van der Waals surface area contributed by atoms with E-state index < -0.39 is 0 Å². The molecule has 0 aliphatic rings. The molecule has 0 fully saturated rings. The number of nitrogens with one attached hydrogen (secondary N) is 1. The maximum atomic E-state index is 12.2. The highest BCUT2D eigenvalue weighted by atomic mass is 16.2. The lowest BCUT2D eigenvalue weighted by Crippen LogP contribution is -2.31. The molecule has 4 nitrogen and oxygen atoms in total. The minimum absolute atomic E-state index is 0.164. The molecule has 0 atom stereocenters. The van der Waals surface area contributed by atoms with Crippen LogP contribution in [0.3, 0.4) is 0 Å². The van der Waals surface area contributed by atoms with Crippen LogP contribution >= 0.6 is 0 Å². The quantitative estimate of drug-likeness (QED) is 0.906. The summed E-state index contributed by atoms with van der Waals surface area (Å²) in [6, 6.07) is 11.2. The summed E-state index contributed by atoms with van der Waals surface area (Å²) in [4.78, 5) is 23.7. The molecule has 0 saturated heterocycles. The Bertz CT molecular complexity index is 659. The number of hydrogen-bond acceptors (Lipinski definition) is 2. The molecule has 2 rings (SSSR count). The molecule has 4 heteroatoms. The minimum atomic E-state index is -0.358. The summed E-state index contributed by atoms with van der Waals surface area (Å²) >= 11 is 0. The van der Waals surface area contributed by atoms with Gasteiger partial charge in [0.15, 0.2) is 0 Å². The Morgan fingerprint density at radius 3 is 2.74 bits per heavy atom. The van der Waals surface area contributed by atoms with Crippen molar-refractivity contribution in [3.63, 3.8) is 0 Å². The third-order valence-corrected chi connectivity index (χ3v) is 2.93. The highest BCUT2D eigenvalue weighted by Crippen LogP contribution is 2.05. The van der Waals surface area contributed by atoms with E-state index in [4.69, 9.17) is 0 Å². The van der Waals surface area contributed by atoms with Crippen molar-refractivity contribution in [2.75, 3.05) is 7.05 Å². The number of aryl methyl sites for hydroxylation is 1. The Hall–Kier alpha value is -2.36. The van der Waals surface area contributed by atoms with Gasteiger partial charge in [-0.2, -0.15) is 0 Å². The summed E-state index contributed by atoms with van der Waals surface area (Å²) in [6.07, 6.45) is 1.69. The van der Waals surface area contributed by atoms with Gasteiger partial charge in [-0.25, -0.2) is 0 Å². The van der Waals surface area contributed by atoms with Crippen LogP contribution in [0.15, 0.2) is 47.4 Å². The standard InChI is InChI=1S/C15H16N2O2/c1-11-5-3-6-12(9-11)10-17-8-4-7-13(15(17)19)14(18)16-2/h3-9H,10H2,1-2H3,(H,16,18). The van der Waals surface area contributed by atoms with Gasteiger partial charge in [0.2, 0.25) is 0 Å². The molecule has 98 valence electrons. The Labute approximate surface area is 111 Å². The molecule has 2 aromatic rings. The number of rotatable bonds is 3. The smallest absolute Gasteiger partial charge is 0.263 e. The summed E-state index contributed by atoms with van der Waals surface area (Å²) in [7, 11) is 1.51. The molecule has 0 spiro atoms. The summed E-state index contributed by atoms with van der Waals surface area (Å²) in [5.41, 5.74) is 2.07. The predicted molar refractivity (Wildman–Crippen MR) is 74.4 cm³/mol. The normalized spacial score (nSPS) is 10.2. The van der Waals surface area contributed by atoms with Gasteiger partial charge in [0.05, 0.1) is 6.54 Å². The molecular formula is C15H16N2O2. The van der Waals surface area contributed by atoms with Gasteiger partial charge >= 0.3 is 0 Å². The predicted octanol–water partition coefficient (Wildman–Crippen LogP) is 1.56. The van der Waals surface area contributed by atoms with Crippen LogP contribution in [-0.4, -0.2) is 17.5 Å². The van der Waals surface area contributed by atoms with Gasteiger partial charge in [0.25, 0.3) is 11.5 Å². The van der Waals surface area contributed by atoms with E-state index in [0.717, 1.165) is 11.1 Å². The number of carbonyl (C=O) groups excluding carboxylic acids is 1. The number of amides is 1. The van der Waals surface area contributed by atoms with E-state index >= 15 is 0 Å².